The van der Waals surface area contributed by atoms with E-state index in [0.29, 0.717) is 16.3 Å². The van der Waals surface area contributed by atoms with Gasteiger partial charge >= 0.3 is 12.4 Å². The van der Waals surface area contributed by atoms with Crippen LogP contribution < -0.4 is 15.4 Å². The van der Waals surface area contributed by atoms with E-state index in [1.807, 2.05) is 0 Å². The first-order valence-corrected chi connectivity index (χ1v) is 8.75. The van der Waals surface area contributed by atoms with Crippen LogP contribution in [0.5, 0.6) is 5.75 Å². The molecule has 0 radical (unpaired) electrons. The third-order valence-corrected chi connectivity index (χ3v) is 3.93. The molecule has 2 amide bonds. The van der Waals surface area contributed by atoms with Crippen LogP contribution >= 0.6 is 11.6 Å². The normalized spacial score (nSPS) is 12.3. The summed E-state index contributed by atoms with van der Waals surface area (Å²) in [5, 5.41) is 18.8. The van der Waals surface area contributed by atoms with Crippen LogP contribution in [-0.2, 0) is 0 Å². The van der Waals surface area contributed by atoms with Crippen molar-refractivity contribution in [3.05, 3.63) is 59.4 Å². The van der Waals surface area contributed by atoms with E-state index >= 15 is 0 Å². The number of carbonyl (C=O) groups excluding carboxylic acids is 1. The molecule has 0 saturated heterocycles. The van der Waals surface area contributed by atoms with Gasteiger partial charge in [0.15, 0.2) is 0 Å². The molecule has 12 heteroatoms. The van der Waals surface area contributed by atoms with Gasteiger partial charge in [0, 0.05) is 16.3 Å². The summed E-state index contributed by atoms with van der Waals surface area (Å²) >= 11 is 5.78. The monoisotopic (exact) mass is 442 g/mol. The second-order valence-corrected chi connectivity index (χ2v) is 6.31. The number of aliphatic hydroxyl groups is 1. The SMILES string of the molecule is O=C(Nc1ccc(Cl)cc1)NC(CO)c1nc(-c2ccc(OC(F)(F)F)cc2)no1. The number of anilines is 1. The van der Waals surface area contributed by atoms with Gasteiger partial charge in [-0.25, -0.2) is 4.79 Å². The summed E-state index contributed by atoms with van der Waals surface area (Å²) in [5.41, 5.74) is 0.822. The molecule has 1 heterocycles. The maximum atomic E-state index is 12.2. The first kappa shape index (κ1) is 21.4. The van der Waals surface area contributed by atoms with E-state index < -0.39 is 30.8 Å². The van der Waals surface area contributed by atoms with Gasteiger partial charge in [0.1, 0.15) is 11.8 Å². The van der Waals surface area contributed by atoms with Crippen LogP contribution in [0.15, 0.2) is 53.1 Å². The van der Waals surface area contributed by atoms with Crippen LogP contribution in [0.25, 0.3) is 11.4 Å². The molecule has 0 bridgehead atoms. The number of nitrogens with one attached hydrogen (secondary N) is 2. The van der Waals surface area contributed by atoms with Crippen molar-refractivity contribution in [2.75, 3.05) is 11.9 Å². The molecule has 1 aromatic heterocycles. The van der Waals surface area contributed by atoms with Crippen LogP contribution in [0.2, 0.25) is 5.02 Å². The van der Waals surface area contributed by atoms with Gasteiger partial charge in [-0.05, 0) is 48.5 Å². The molecule has 2 aromatic carbocycles. The summed E-state index contributed by atoms with van der Waals surface area (Å²) in [6.45, 7) is -0.534. The minimum Gasteiger partial charge on any atom is -0.406 e. The lowest BCUT2D eigenvalue weighted by molar-refractivity contribution is -0.274. The minimum atomic E-state index is -4.80. The number of hydrogen-bond acceptors (Lipinski definition) is 6. The zero-order valence-electron chi connectivity index (χ0n) is 15.0. The van der Waals surface area contributed by atoms with Gasteiger partial charge in [-0.15, -0.1) is 13.2 Å². The number of amides is 2. The van der Waals surface area contributed by atoms with Gasteiger partial charge in [-0.2, -0.15) is 4.98 Å². The lowest BCUT2D eigenvalue weighted by Crippen LogP contribution is -2.34. The number of urea groups is 1. The van der Waals surface area contributed by atoms with Crippen molar-refractivity contribution >= 4 is 23.3 Å². The van der Waals surface area contributed by atoms with E-state index in [0.717, 1.165) is 12.1 Å². The Morgan fingerprint density at radius 1 is 1.17 bits per heavy atom. The second kappa shape index (κ2) is 9.01. The van der Waals surface area contributed by atoms with E-state index in [2.05, 4.69) is 25.5 Å². The molecule has 1 atom stereocenters. The van der Waals surface area contributed by atoms with Crippen LogP contribution in [0.1, 0.15) is 11.9 Å². The Bertz CT molecular complexity index is 994. The molecule has 3 rings (SSSR count). The Labute approximate surface area is 172 Å². The van der Waals surface area contributed by atoms with Gasteiger partial charge < -0.3 is 25.0 Å². The number of halogens is 4. The van der Waals surface area contributed by atoms with Crippen molar-refractivity contribution in [3.63, 3.8) is 0 Å². The fourth-order valence-corrected chi connectivity index (χ4v) is 2.47. The Kier molecular flexibility index (Phi) is 6.43. The topological polar surface area (TPSA) is 110 Å². The van der Waals surface area contributed by atoms with Crippen LogP contribution in [0, 0.1) is 0 Å². The highest BCUT2D eigenvalue weighted by Crippen LogP contribution is 2.26. The summed E-state index contributed by atoms with van der Waals surface area (Å²) < 4.78 is 45.5. The summed E-state index contributed by atoms with van der Waals surface area (Å²) in [5.74, 6) is -0.431. The van der Waals surface area contributed by atoms with E-state index in [4.69, 9.17) is 16.1 Å². The molecular formula is C18H14ClF3N4O4. The van der Waals surface area contributed by atoms with Crippen molar-refractivity contribution < 1.29 is 32.3 Å². The zero-order chi connectivity index (χ0) is 21.7. The highest BCUT2D eigenvalue weighted by molar-refractivity contribution is 6.30. The predicted octanol–water partition coefficient (Wildman–Crippen LogP) is 4.14. The minimum absolute atomic E-state index is 0.0573. The number of nitrogens with zero attached hydrogens (tertiary/aromatic N) is 2. The third kappa shape index (κ3) is 5.84. The Balaban J connectivity index is 1.65. The maximum Gasteiger partial charge on any atom is 0.573 e. The van der Waals surface area contributed by atoms with Gasteiger partial charge in [0.05, 0.1) is 6.61 Å². The fraction of sp³-hybridized carbons (Fsp3) is 0.167. The lowest BCUT2D eigenvalue weighted by atomic mass is 10.2. The standard InChI is InChI=1S/C18H14ClF3N4O4/c19-11-3-5-12(6-4-11)23-17(28)24-14(9-27)16-25-15(26-30-16)10-1-7-13(8-2-10)29-18(20,21)22/h1-8,14,27H,9H2,(H2,23,24,28). The second-order valence-electron chi connectivity index (χ2n) is 5.87. The summed E-state index contributed by atoms with van der Waals surface area (Å²) in [7, 11) is 0. The first-order chi connectivity index (χ1) is 14.2. The number of aromatic nitrogens is 2. The Morgan fingerprint density at radius 2 is 1.83 bits per heavy atom. The average molecular weight is 443 g/mol. The largest absolute Gasteiger partial charge is 0.573 e. The molecule has 30 heavy (non-hydrogen) atoms. The highest BCUT2D eigenvalue weighted by atomic mass is 35.5. The average Bonchev–Trinajstić information content (AvgIpc) is 3.17. The summed E-state index contributed by atoms with van der Waals surface area (Å²) in [6, 6.07) is 9.54. The van der Waals surface area contributed by atoms with E-state index in [-0.39, 0.29) is 11.7 Å². The molecule has 0 spiro atoms. The van der Waals surface area contributed by atoms with Crippen molar-refractivity contribution in [2.45, 2.75) is 12.4 Å². The van der Waals surface area contributed by atoms with Crippen LogP contribution in [-0.4, -0.2) is 34.2 Å². The van der Waals surface area contributed by atoms with Gasteiger partial charge in [-0.3, -0.25) is 0 Å². The number of hydrogen-bond donors (Lipinski definition) is 3. The summed E-state index contributed by atoms with van der Waals surface area (Å²) in [6.07, 6.45) is -4.80. The molecule has 8 nitrogen and oxygen atoms in total. The molecule has 0 aliphatic heterocycles. The van der Waals surface area contributed by atoms with E-state index in [1.165, 1.54) is 12.1 Å². The number of rotatable bonds is 6. The van der Waals surface area contributed by atoms with Crippen molar-refractivity contribution in [1.82, 2.24) is 15.5 Å². The Hall–Kier alpha value is -3.31. The maximum absolute atomic E-state index is 12.2. The molecule has 0 fully saturated rings. The van der Waals surface area contributed by atoms with Crippen LogP contribution in [0.4, 0.5) is 23.7 Å². The highest BCUT2D eigenvalue weighted by Gasteiger charge is 2.31. The lowest BCUT2D eigenvalue weighted by Gasteiger charge is -2.13. The smallest absolute Gasteiger partial charge is 0.406 e. The summed E-state index contributed by atoms with van der Waals surface area (Å²) in [4.78, 5) is 16.2. The molecule has 3 aromatic rings. The Morgan fingerprint density at radius 3 is 2.43 bits per heavy atom. The van der Waals surface area contributed by atoms with Gasteiger partial charge in [0.2, 0.25) is 5.82 Å². The van der Waals surface area contributed by atoms with Crippen molar-refractivity contribution in [3.8, 4) is 17.1 Å². The molecule has 3 N–H and O–H groups in total. The number of carbonyl (C=O) groups is 1. The van der Waals surface area contributed by atoms with E-state index in [1.54, 1.807) is 24.3 Å². The number of aliphatic hydroxyl groups excluding tert-OH is 1. The van der Waals surface area contributed by atoms with Crippen molar-refractivity contribution in [2.24, 2.45) is 0 Å². The number of ether oxygens (including phenoxy) is 1. The first-order valence-electron chi connectivity index (χ1n) is 8.37. The predicted molar refractivity (Wildman–Crippen MR) is 99.9 cm³/mol. The van der Waals surface area contributed by atoms with Crippen molar-refractivity contribution in [1.29, 1.82) is 0 Å². The third-order valence-electron chi connectivity index (χ3n) is 3.68. The number of alkyl halides is 3. The molecule has 158 valence electrons. The van der Waals surface area contributed by atoms with Gasteiger partial charge in [0.25, 0.3) is 5.89 Å². The molecule has 0 aliphatic carbocycles. The van der Waals surface area contributed by atoms with Gasteiger partial charge in [-0.1, -0.05) is 16.8 Å². The molecule has 0 saturated carbocycles. The molecular weight excluding hydrogens is 429 g/mol. The number of benzene rings is 2. The van der Waals surface area contributed by atoms with E-state index in [9.17, 15) is 23.1 Å². The van der Waals surface area contributed by atoms with Crippen LogP contribution in [0.3, 0.4) is 0 Å². The molecule has 0 aliphatic rings. The fourth-order valence-electron chi connectivity index (χ4n) is 2.34. The quantitative estimate of drug-likeness (QED) is 0.529. The zero-order valence-corrected chi connectivity index (χ0v) is 15.7. The molecule has 1 unspecified atom stereocenters.